The molecule has 0 aliphatic carbocycles. The number of carbonyl (C=O) groups is 1. The maximum atomic E-state index is 12.6. The van der Waals surface area contributed by atoms with E-state index in [0.29, 0.717) is 23.7 Å². The second-order valence-corrected chi connectivity index (χ2v) is 6.61. The van der Waals surface area contributed by atoms with Gasteiger partial charge in [0.05, 0.1) is 12.7 Å². The number of carbonyl (C=O) groups excluding carboxylic acids is 1. The molecule has 0 bridgehead atoms. The quantitative estimate of drug-likeness (QED) is 0.524. The molecule has 0 N–H and O–H groups in total. The van der Waals surface area contributed by atoms with Gasteiger partial charge in [0, 0.05) is 6.07 Å². The molecule has 0 unspecified atom stereocenters. The maximum Gasteiger partial charge on any atom is 0.231 e. The van der Waals surface area contributed by atoms with Gasteiger partial charge >= 0.3 is 0 Å². The van der Waals surface area contributed by atoms with Crippen molar-refractivity contribution < 1.29 is 19.0 Å². The Morgan fingerprint density at radius 3 is 2.55 bits per heavy atom. The Morgan fingerprint density at radius 2 is 1.79 bits per heavy atom. The Hall–Kier alpha value is -3.79. The minimum absolute atomic E-state index is 0.144. The van der Waals surface area contributed by atoms with Gasteiger partial charge in [0.15, 0.2) is 5.76 Å². The Balaban J connectivity index is 1.49. The van der Waals surface area contributed by atoms with E-state index < -0.39 is 0 Å². The monoisotopic (exact) mass is 384 g/mol. The van der Waals surface area contributed by atoms with E-state index in [9.17, 15) is 4.79 Å². The van der Waals surface area contributed by atoms with E-state index >= 15 is 0 Å². The van der Waals surface area contributed by atoms with Crippen LogP contribution in [0.1, 0.15) is 27.0 Å². The number of ketones is 1. The van der Waals surface area contributed by atoms with Crippen LogP contribution in [-0.2, 0) is 6.61 Å². The smallest absolute Gasteiger partial charge is 0.231 e. The van der Waals surface area contributed by atoms with Crippen molar-refractivity contribution in [2.45, 2.75) is 6.61 Å². The summed E-state index contributed by atoms with van der Waals surface area (Å²) < 4.78 is 16.9. The largest absolute Gasteiger partial charge is 0.497 e. The molecular formula is C25H20O4. The van der Waals surface area contributed by atoms with Crippen LogP contribution in [0.4, 0.5) is 0 Å². The van der Waals surface area contributed by atoms with Crippen molar-refractivity contribution in [1.29, 1.82) is 0 Å². The van der Waals surface area contributed by atoms with E-state index in [4.69, 9.17) is 14.2 Å². The lowest BCUT2D eigenvalue weighted by molar-refractivity contribution is 0.101. The first-order valence-electron chi connectivity index (χ1n) is 9.23. The van der Waals surface area contributed by atoms with E-state index in [0.717, 1.165) is 22.4 Å². The van der Waals surface area contributed by atoms with Crippen molar-refractivity contribution in [3.8, 4) is 17.2 Å². The van der Waals surface area contributed by atoms with Gasteiger partial charge in [0.25, 0.3) is 0 Å². The SMILES string of the molecule is C=Cc1ccc(COc2ccc3c(c2)O/C(=C/c2cccc(OC)c2)C3=O)cc1. The molecule has 0 aromatic heterocycles. The minimum atomic E-state index is -0.144. The van der Waals surface area contributed by atoms with Crippen molar-refractivity contribution in [2.24, 2.45) is 0 Å². The van der Waals surface area contributed by atoms with Crippen LogP contribution in [0.25, 0.3) is 12.2 Å². The van der Waals surface area contributed by atoms with Crippen molar-refractivity contribution in [3.63, 3.8) is 0 Å². The zero-order valence-electron chi connectivity index (χ0n) is 16.1. The second kappa shape index (κ2) is 8.07. The fourth-order valence-electron chi connectivity index (χ4n) is 3.06. The summed E-state index contributed by atoms with van der Waals surface area (Å²) in [5.74, 6) is 2.01. The summed E-state index contributed by atoms with van der Waals surface area (Å²) in [5, 5.41) is 0. The predicted molar refractivity (Wildman–Crippen MR) is 113 cm³/mol. The highest BCUT2D eigenvalue weighted by molar-refractivity contribution is 6.14. The van der Waals surface area contributed by atoms with Gasteiger partial charge in [-0.2, -0.15) is 0 Å². The third-order valence-electron chi connectivity index (χ3n) is 4.65. The van der Waals surface area contributed by atoms with Gasteiger partial charge in [-0.1, -0.05) is 49.1 Å². The molecule has 0 amide bonds. The standard InChI is InChI=1S/C25H20O4/c1-3-17-7-9-18(10-8-17)16-28-21-11-12-22-23(15-21)29-24(25(22)26)14-19-5-4-6-20(13-19)27-2/h3-15H,1,16H2,2H3/b24-14+. The van der Waals surface area contributed by atoms with Crippen LogP contribution in [0.3, 0.4) is 0 Å². The average Bonchev–Trinajstić information content (AvgIpc) is 3.07. The predicted octanol–water partition coefficient (Wildman–Crippen LogP) is 5.53. The van der Waals surface area contributed by atoms with Crippen LogP contribution in [0, 0.1) is 0 Å². The Morgan fingerprint density at radius 1 is 0.966 bits per heavy atom. The number of methoxy groups -OCH3 is 1. The van der Waals surface area contributed by atoms with Crippen molar-refractivity contribution in [2.75, 3.05) is 7.11 Å². The zero-order valence-corrected chi connectivity index (χ0v) is 16.1. The molecule has 3 aromatic rings. The van der Waals surface area contributed by atoms with Crippen LogP contribution in [0.15, 0.2) is 79.1 Å². The number of hydrogen-bond acceptors (Lipinski definition) is 4. The number of allylic oxidation sites excluding steroid dienone is 1. The summed E-state index contributed by atoms with van der Waals surface area (Å²) in [5.41, 5.74) is 3.47. The molecule has 0 saturated heterocycles. The molecule has 3 aromatic carbocycles. The van der Waals surface area contributed by atoms with Gasteiger partial charge in [-0.15, -0.1) is 0 Å². The normalized spacial score (nSPS) is 13.7. The number of benzene rings is 3. The highest BCUT2D eigenvalue weighted by atomic mass is 16.5. The number of ether oxygens (including phenoxy) is 3. The molecule has 0 fully saturated rings. The highest BCUT2D eigenvalue weighted by Crippen LogP contribution is 2.35. The summed E-state index contributed by atoms with van der Waals surface area (Å²) >= 11 is 0. The third-order valence-corrected chi connectivity index (χ3v) is 4.65. The Labute approximate surface area is 169 Å². The first-order chi connectivity index (χ1) is 14.2. The third kappa shape index (κ3) is 4.06. The zero-order chi connectivity index (χ0) is 20.2. The number of rotatable bonds is 6. The van der Waals surface area contributed by atoms with Crippen molar-refractivity contribution in [1.82, 2.24) is 0 Å². The molecule has 4 heteroatoms. The topological polar surface area (TPSA) is 44.8 Å². The van der Waals surface area contributed by atoms with E-state index in [1.54, 1.807) is 37.5 Å². The minimum Gasteiger partial charge on any atom is -0.497 e. The number of Topliss-reactive ketones (excluding diaryl/α,β-unsaturated/α-hetero) is 1. The first kappa shape index (κ1) is 18.6. The van der Waals surface area contributed by atoms with E-state index in [2.05, 4.69) is 6.58 Å². The molecule has 4 rings (SSSR count). The summed E-state index contributed by atoms with van der Waals surface area (Å²) in [6.45, 7) is 4.18. The van der Waals surface area contributed by atoms with Gasteiger partial charge in [0.2, 0.25) is 5.78 Å². The molecular weight excluding hydrogens is 364 g/mol. The lowest BCUT2D eigenvalue weighted by Gasteiger charge is -2.07. The lowest BCUT2D eigenvalue weighted by Crippen LogP contribution is -1.98. The van der Waals surface area contributed by atoms with Gasteiger partial charge in [-0.3, -0.25) is 4.79 Å². The fourth-order valence-corrected chi connectivity index (χ4v) is 3.06. The summed E-state index contributed by atoms with van der Waals surface area (Å²) in [6.07, 6.45) is 3.52. The molecule has 144 valence electrons. The molecule has 29 heavy (non-hydrogen) atoms. The molecule has 0 atom stereocenters. The molecule has 1 aliphatic heterocycles. The van der Waals surface area contributed by atoms with Crippen molar-refractivity contribution in [3.05, 3.63) is 101 Å². The molecule has 0 spiro atoms. The maximum absolute atomic E-state index is 12.6. The van der Waals surface area contributed by atoms with E-state index in [1.165, 1.54) is 0 Å². The van der Waals surface area contributed by atoms with Crippen LogP contribution in [0.5, 0.6) is 17.2 Å². The summed E-state index contributed by atoms with van der Waals surface area (Å²) in [6, 6.07) is 20.7. The van der Waals surface area contributed by atoms with E-state index in [1.807, 2.05) is 48.5 Å². The van der Waals surface area contributed by atoms with Crippen LogP contribution in [0.2, 0.25) is 0 Å². The second-order valence-electron chi connectivity index (χ2n) is 6.61. The van der Waals surface area contributed by atoms with Crippen LogP contribution >= 0.6 is 0 Å². The average molecular weight is 384 g/mol. The first-order valence-corrected chi connectivity index (χ1v) is 9.23. The molecule has 4 nitrogen and oxygen atoms in total. The highest BCUT2D eigenvalue weighted by Gasteiger charge is 2.27. The van der Waals surface area contributed by atoms with Gasteiger partial charge in [-0.05, 0) is 47.0 Å². The molecule has 1 heterocycles. The number of hydrogen-bond donors (Lipinski definition) is 0. The Kier molecular flexibility index (Phi) is 5.16. The summed E-state index contributed by atoms with van der Waals surface area (Å²) in [4.78, 5) is 12.6. The van der Waals surface area contributed by atoms with Crippen molar-refractivity contribution >= 4 is 17.9 Å². The van der Waals surface area contributed by atoms with Crippen LogP contribution in [-0.4, -0.2) is 12.9 Å². The van der Waals surface area contributed by atoms with Gasteiger partial charge < -0.3 is 14.2 Å². The Bertz CT molecular complexity index is 1090. The lowest BCUT2D eigenvalue weighted by atomic mass is 10.1. The van der Waals surface area contributed by atoms with Gasteiger partial charge in [0.1, 0.15) is 23.9 Å². The molecule has 0 radical (unpaired) electrons. The number of fused-ring (bicyclic) bond motifs is 1. The van der Waals surface area contributed by atoms with Crippen LogP contribution < -0.4 is 14.2 Å². The summed E-state index contributed by atoms with van der Waals surface area (Å²) in [7, 11) is 1.61. The molecule has 0 saturated carbocycles. The van der Waals surface area contributed by atoms with Gasteiger partial charge in [-0.25, -0.2) is 0 Å². The van der Waals surface area contributed by atoms with E-state index in [-0.39, 0.29) is 11.5 Å². The fraction of sp³-hybridized carbons (Fsp3) is 0.0800. The molecule has 1 aliphatic rings.